The summed E-state index contributed by atoms with van der Waals surface area (Å²) in [4.78, 5) is 27.5. The van der Waals surface area contributed by atoms with Gasteiger partial charge >= 0.3 is 0 Å². The minimum absolute atomic E-state index is 0.0434. The molecule has 2 aromatic heterocycles. The molecular weight excluding hydrogens is 399 g/mol. The summed E-state index contributed by atoms with van der Waals surface area (Å²) in [6.45, 7) is 4.32. The normalized spacial score (nSPS) is 14.8. The van der Waals surface area contributed by atoms with Crippen LogP contribution in [-0.2, 0) is 0 Å². The van der Waals surface area contributed by atoms with Crippen molar-refractivity contribution in [2.24, 2.45) is 0 Å². The molecule has 0 saturated carbocycles. The average molecular weight is 420 g/mol. The molecule has 0 aliphatic carbocycles. The molecule has 1 aliphatic rings. The smallest absolute Gasteiger partial charge is 0.255 e. The number of anilines is 2. The van der Waals surface area contributed by atoms with E-state index in [2.05, 4.69) is 25.6 Å². The molecule has 4 N–H and O–H groups in total. The molecule has 1 aromatic carbocycles. The molecule has 0 spiro atoms. The van der Waals surface area contributed by atoms with E-state index in [1.807, 2.05) is 6.07 Å². The number of nitrogens with one attached hydrogen (secondary N) is 2. The Bertz CT molecular complexity index is 1190. The zero-order valence-corrected chi connectivity index (χ0v) is 16.9. The topological polar surface area (TPSA) is 133 Å². The number of nitrogens with zero attached hydrogens (tertiary/aromatic N) is 5. The molecule has 9 nitrogen and oxygen atoms in total. The molecule has 3 heterocycles. The van der Waals surface area contributed by atoms with Crippen LogP contribution in [0.2, 0.25) is 0 Å². The fourth-order valence-electron chi connectivity index (χ4n) is 3.61. The molecule has 158 valence electrons. The number of fused-ring (bicyclic) bond motifs is 1. The van der Waals surface area contributed by atoms with Crippen LogP contribution in [0.5, 0.6) is 0 Å². The van der Waals surface area contributed by atoms with Gasteiger partial charge in [-0.05, 0) is 19.1 Å². The molecule has 10 heteroatoms. The maximum absolute atomic E-state index is 14.4. The molecule has 1 aliphatic heterocycles. The second-order valence-electron chi connectivity index (χ2n) is 7.24. The predicted molar refractivity (Wildman–Crippen MR) is 114 cm³/mol. The first-order valence-electron chi connectivity index (χ1n) is 9.86. The highest BCUT2D eigenvalue weighted by Crippen LogP contribution is 2.28. The lowest BCUT2D eigenvalue weighted by molar-refractivity contribution is 0.0734. The number of nitriles is 1. The van der Waals surface area contributed by atoms with Gasteiger partial charge in [0, 0.05) is 31.6 Å². The van der Waals surface area contributed by atoms with Gasteiger partial charge < -0.3 is 21.3 Å². The Morgan fingerprint density at radius 2 is 2.13 bits per heavy atom. The summed E-state index contributed by atoms with van der Waals surface area (Å²) in [6, 6.07) is 7.72. The van der Waals surface area contributed by atoms with Crippen LogP contribution in [0.4, 0.5) is 16.0 Å². The number of nitrogens with two attached hydrogens (primary N) is 1. The highest BCUT2D eigenvalue weighted by molar-refractivity contribution is 5.99. The molecular formula is C21H21FN8O. The SMILES string of the molecule is CC(Nc1ncnc(N)c1C#N)c1nc2c(F)cccc2cc1C(=O)N1CCNCC1. The third kappa shape index (κ3) is 3.95. The van der Waals surface area contributed by atoms with E-state index >= 15 is 0 Å². The molecule has 0 bridgehead atoms. The third-order valence-electron chi connectivity index (χ3n) is 5.21. The van der Waals surface area contributed by atoms with Gasteiger partial charge in [-0.3, -0.25) is 4.79 Å². The Kier molecular flexibility index (Phi) is 5.60. The summed E-state index contributed by atoms with van der Waals surface area (Å²) in [7, 11) is 0. The Morgan fingerprint density at radius 1 is 1.35 bits per heavy atom. The number of halogens is 1. The van der Waals surface area contributed by atoms with Crippen molar-refractivity contribution in [2.45, 2.75) is 13.0 Å². The van der Waals surface area contributed by atoms with Gasteiger partial charge in [0.05, 0.1) is 17.3 Å². The van der Waals surface area contributed by atoms with E-state index in [9.17, 15) is 14.4 Å². The van der Waals surface area contributed by atoms with Crippen molar-refractivity contribution in [3.05, 3.63) is 53.2 Å². The van der Waals surface area contributed by atoms with Gasteiger partial charge in [-0.2, -0.15) is 5.26 Å². The lowest BCUT2D eigenvalue weighted by Crippen LogP contribution is -2.46. The monoisotopic (exact) mass is 420 g/mol. The number of para-hydroxylation sites is 1. The number of amides is 1. The molecule has 0 radical (unpaired) electrons. The molecule has 4 rings (SSSR count). The minimum atomic E-state index is -0.563. The second-order valence-corrected chi connectivity index (χ2v) is 7.24. The molecule has 3 aromatic rings. The number of hydrogen-bond donors (Lipinski definition) is 3. The van der Waals surface area contributed by atoms with Crippen LogP contribution in [0.15, 0.2) is 30.6 Å². The Morgan fingerprint density at radius 3 is 2.87 bits per heavy atom. The number of pyridine rings is 1. The number of piperazine rings is 1. The van der Waals surface area contributed by atoms with Gasteiger partial charge in [-0.1, -0.05) is 12.1 Å². The molecule has 1 amide bonds. The summed E-state index contributed by atoms with van der Waals surface area (Å²) in [5, 5.41) is 16.2. The summed E-state index contributed by atoms with van der Waals surface area (Å²) >= 11 is 0. The van der Waals surface area contributed by atoms with Crippen molar-refractivity contribution in [3.63, 3.8) is 0 Å². The van der Waals surface area contributed by atoms with Crippen molar-refractivity contribution in [3.8, 4) is 6.07 Å². The van der Waals surface area contributed by atoms with Gasteiger partial charge in [0.2, 0.25) is 0 Å². The second kappa shape index (κ2) is 8.49. The molecule has 1 unspecified atom stereocenters. The van der Waals surface area contributed by atoms with Crippen LogP contribution in [0.3, 0.4) is 0 Å². The molecule has 1 saturated heterocycles. The average Bonchev–Trinajstić information content (AvgIpc) is 2.79. The van der Waals surface area contributed by atoms with Gasteiger partial charge in [0.25, 0.3) is 5.91 Å². The number of carbonyl (C=O) groups excluding carboxylic acids is 1. The summed E-state index contributed by atoms with van der Waals surface area (Å²) in [5.41, 5.74) is 6.78. The van der Waals surface area contributed by atoms with E-state index in [-0.39, 0.29) is 28.6 Å². The quantitative estimate of drug-likeness (QED) is 0.582. The fourth-order valence-corrected chi connectivity index (χ4v) is 3.61. The van der Waals surface area contributed by atoms with Gasteiger partial charge in [-0.25, -0.2) is 19.3 Å². The van der Waals surface area contributed by atoms with E-state index < -0.39 is 11.9 Å². The predicted octanol–water partition coefficient (Wildman–Crippen LogP) is 1.84. The number of nitrogen functional groups attached to an aromatic ring is 1. The van der Waals surface area contributed by atoms with Crippen LogP contribution in [0, 0.1) is 17.1 Å². The van der Waals surface area contributed by atoms with Gasteiger partial charge in [-0.15, -0.1) is 0 Å². The zero-order chi connectivity index (χ0) is 22.0. The standard InChI is InChI=1S/C21H21FN8O/c1-12(28-20-15(10-23)19(24)26-11-27-20)17-14(21(31)30-7-5-25-6-8-30)9-13-3-2-4-16(22)18(13)29-17/h2-4,9,11-12,25H,5-8H2,1H3,(H3,24,26,27,28). The van der Waals surface area contributed by atoms with Crippen molar-refractivity contribution in [2.75, 3.05) is 37.2 Å². The maximum Gasteiger partial charge on any atom is 0.255 e. The first-order valence-corrected chi connectivity index (χ1v) is 9.86. The van der Waals surface area contributed by atoms with Crippen LogP contribution < -0.4 is 16.4 Å². The Labute approximate surface area is 178 Å². The van der Waals surface area contributed by atoms with Crippen molar-refractivity contribution < 1.29 is 9.18 Å². The molecule has 31 heavy (non-hydrogen) atoms. The number of aromatic nitrogens is 3. The van der Waals surface area contributed by atoms with Crippen molar-refractivity contribution >= 4 is 28.4 Å². The largest absolute Gasteiger partial charge is 0.382 e. The number of hydrogen-bond acceptors (Lipinski definition) is 8. The highest BCUT2D eigenvalue weighted by atomic mass is 19.1. The lowest BCUT2D eigenvalue weighted by Gasteiger charge is -2.29. The van der Waals surface area contributed by atoms with E-state index in [1.54, 1.807) is 30.0 Å². The lowest BCUT2D eigenvalue weighted by atomic mass is 10.0. The first-order chi connectivity index (χ1) is 15.0. The van der Waals surface area contributed by atoms with Crippen LogP contribution in [0.25, 0.3) is 10.9 Å². The maximum atomic E-state index is 14.4. The van der Waals surface area contributed by atoms with Crippen molar-refractivity contribution in [1.29, 1.82) is 5.26 Å². The van der Waals surface area contributed by atoms with Crippen LogP contribution in [0.1, 0.15) is 34.6 Å². The Balaban J connectivity index is 1.79. The number of rotatable bonds is 4. The van der Waals surface area contributed by atoms with E-state index in [0.717, 1.165) is 0 Å². The Hall–Kier alpha value is -3.84. The van der Waals surface area contributed by atoms with E-state index in [4.69, 9.17) is 5.73 Å². The van der Waals surface area contributed by atoms with Crippen molar-refractivity contribution in [1.82, 2.24) is 25.2 Å². The molecule has 1 atom stereocenters. The molecule has 1 fully saturated rings. The number of carbonyl (C=O) groups is 1. The highest BCUT2D eigenvalue weighted by Gasteiger charge is 2.26. The van der Waals surface area contributed by atoms with Crippen LogP contribution in [-0.4, -0.2) is 51.9 Å². The summed E-state index contributed by atoms with van der Waals surface area (Å²) in [6.07, 6.45) is 1.24. The van der Waals surface area contributed by atoms with Crippen LogP contribution >= 0.6 is 0 Å². The zero-order valence-electron chi connectivity index (χ0n) is 16.9. The van der Waals surface area contributed by atoms with Gasteiger partial charge in [0.1, 0.15) is 40.9 Å². The minimum Gasteiger partial charge on any atom is -0.382 e. The summed E-state index contributed by atoms with van der Waals surface area (Å²) in [5.74, 6) is -0.386. The first kappa shape index (κ1) is 20.4. The summed E-state index contributed by atoms with van der Waals surface area (Å²) < 4.78 is 14.4. The number of benzene rings is 1. The van der Waals surface area contributed by atoms with E-state index in [0.29, 0.717) is 42.8 Å². The van der Waals surface area contributed by atoms with E-state index in [1.165, 1.54) is 12.4 Å². The fraction of sp³-hybridized carbons (Fsp3) is 0.286. The van der Waals surface area contributed by atoms with Gasteiger partial charge in [0.15, 0.2) is 0 Å². The third-order valence-corrected chi connectivity index (χ3v) is 5.21.